The third-order valence-electron chi connectivity index (χ3n) is 5.77. The van der Waals surface area contributed by atoms with E-state index in [1.165, 1.54) is 0 Å². The minimum atomic E-state index is -4.56. The summed E-state index contributed by atoms with van der Waals surface area (Å²) < 4.78 is 44.1. The van der Waals surface area contributed by atoms with Crippen LogP contribution in [0.3, 0.4) is 0 Å². The quantitative estimate of drug-likeness (QED) is 0.594. The van der Waals surface area contributed by atoms with Crippen molar-refractivity contribution in [3.05, 3.63) is 63.6 Å². The lowest BCUT2D eigenvalue weighted by molar-refractivity contribution is -0.173. The molecule has 0 radical (unpaired) electrons. The summed E-state index contributed by atoms with van der Waals surface area (Å²) in [5, 5.41) is 13.6. The minimum Gasteiger partial charge on any atom is -0.362 e. The van der Waals surface area contributed by atoms with Gasteiger partial charge in [-0.3, -0.25) is 9.48 Å². The second-order valence-electron chi connectivity index (χ2n) is 7.92. The third kappa shape index (κ3) is 4.06. The average Bonchev–Trinajstić information content (AvgIpc) is 3.25. The highest BCUT2D eigenvalue weighted by atomic mass is 35.5. The molecule has 1 aliphatic rings. The predicted molar refractivity (Wildman–Crippen MR) is 114 cm³/mol. The Hall–Kier alpha value is -3.01. The van der Waals surface area contributed by atoms with Gasteiger partial charge in [-0.15, -0.1) is 0 Å². The highest BCUT2D eigenvalue weighted by molar-refractivity contribution is 6.36. The topological polar surface area (TPSA) is 76.8 Å². The van der Waals surface area contributed by atoms with Crippen molar-refractivity contribution >= 4 is 23.3 Å². The van der Waals surface area contributed by atoms with Crippen LogP contribution in [0.25, 0.3) is 0 Å². The Bertz CT molecular complexity index is 1150. The molecule has 0 unspecified atom stereocenters. The monoisotopic (exact) mass is 466 g/mol. The number of nitrogens with one attached hydrogen (secondary N) is 2. The summed E-state index contributed by atoms with van der Waals surface area (Å²) in [5.74, 6) is -0.678. The summed E-state index contributed by atoms with van der Waals surface area (Å²) in [4.78, 5) is 12.7. The number of fused-ring (bicyclic) bond motifs is 1. The van der Waals surface area contributed by atoms with Crippen molar-refractivity contribution in [1.82, 2.24) is 24.9 Å². The molecule has 0 saturated carbocycles. The molecule has 0 bridgehead atoms. The van der Waals surface area contributed by atoms with E-state index in [9.17, 15) is 18.0 Å². The van der Waals surface area contributed by atoms with Crippen molar-refractivity contribution in [2.75, 3.05) is 5.32 Å². The van der Waals surface area contributed by atoms with Crippen molar-refractivity contribution in [3.63, 3.8) is 0 Å². The number of anilines is 1. The number of carbonyl (C=O) groups excluding carboxylic acids is 1. The number of alkyl halides is 3. The van der Waals surface area contributed by atoms with Gasteiger partial charge in [0.2, 0.25) is 0 Å². The molecule has 32 heavy (non-hydrogen) atoms. The van der Waals surface area contributed by atoms with Crippen LogP contribution in [0.4, 0.5) is 19.0 Å². The number of aromatic nitrogens is 4. The summed E-state index contributed by atoms with van der Waals surface area (Å²) >= 11 is 6.36. The second kappa shape index (κ2) is 8.16. The van der Waals surface area contributed by atoms with E-state index in [2.05, 4.69) is 20.8 Å². The molecule has 4 rings (SSSR count). The van der Waals surface area contributed by atoms with Gasteiger partial charge in [0.05, 0.1) is 12.2 Å². The van der Waals surface area contributed by atoms with E-state index < -0.39 is 24.2 Å². The number of aryl methyl sites for hydroxylation is 2. The Labute approximate surface area is 187 Å². The SMILES string of the molecule is Cc1ccc([C@@H]2C[C@H](C(F)(F)F)n3nc(C(=O)NCc4cnn(C)c4C)c(Cl)c3N2)cc1. The van der Waals surface area contributed by atoms with Gasteiger partial charge >= 0.3 is 6.18 Å². The summed E-state index contributed by atoms with van der Waals surface area (Å²) in [7, 11) is 1.77. The van der Waals surface area contributed by atoms with Crippen LogP contribution in [-0.4, -0.2) is 31.6 Å². The molecule has 1 aliphatic heterocycles. The Morgan fingerprint density at radius 3 is 2.56 bits per heavy atom. The van der Waals surface area contributed by atoms with E-state index in [0.717, 1.165) is 21.5 Å². The molecule has 2 aromatic heterocycles. The first-order valence-electron chi connectivity index (χ1n) is 9.99. The van der Waals surface area contributed by atoms with Crippen molar-refractivity contribution in [2.45, 2.75) is 45.1 Å². The van der Waals surface area contributed by atoms with Crippen LogP contribution in [0.5, 0.6) is 0 Å². The lowest BCUT2D eigenvalue weighted by atomic mass is 9.96. The molecule has 3 aromatic rings. The number of benzene rings is 1. The first-order chi connectivity index (χ1) is 15.1. The van der Waals surface area contributed by atoms with Gasteiger partial charge in [0.15, 0.2) is 11.7 Å². The maximum atomic E-state index is 13.9. The molecule has 7 nitrogen and oxygen atoms in total. The maximum Gasteiger partial charge on any atom is 0.410 e. The van der Waals surface area contributed by atoms with Gasteiger partial charge in [-0.25, -0.2) is 4.68 Å². The van der Waals surface area contributed by atoms with Gasteiger partial charge in [0, 0.05) is 31.3 Å². The summed E-state index contributed by atoms with van der Waals surface area (Å²) in [6.07, 6.45) is -3.22. The molecule has 1 amide bonds. The van der Waals surface area contributed by atoms with E-state index in [1.54, 1.807) is 30.1 Å². The van der Waals surface area contributed by atoms with Crippen LogP contribution in [0, 0.1) is 13.8 Å². The Balaban J connectivity index is 1.63. The number of carbonyl (C=O) groups is 1. The maximum absolute atomic E-state index is 13.9. The van der Waals surface area contributed by atoms with Crippen molar-refractivity contribution in [1.29, 1.82) is 0 Å². The van der Waals surface area contributed by atoms with Crippen LogP contribution in [-0.2, 0) is 13.6 Å². The zero-order chi connectivity index (χ0) is 23.2. The number of rotatable bonds is 4. The van der Waals surface area contributed by atoms with Crippen LogP contribution in [0.15, 0.2) is 30.5 Å². The van der Waals surface area contributed by atoms with E-state index in [1.807, 2.05) is 26.0 Å². The molecule has 0 spiro atoms. The zero-order valence-corrected chi connectivity index (χ0v) is 18.4. The number of amides is 1. The van der Waals surface area contributed by atoms with E-state index in [0.29, 0.717) is 5.56 Å². The lowest BCUT2D eigenvalue weighted by Gasteiger charge is -2.33. The molecule has 0 fully saturated rings. The molecular weight excluding hydrogens is 445 g/mol. The number of nitrogens with zero attached hydrogens (tertiary/aromatic N) is 4. The zero-order valence-electron chi connectivity index (χ0n) is 17.7. The lowest BCUT2D eigenvalue weighted by Crippen LogP contribution is -2.35. The average molecular weight is 467 g/mol. The normalized spacial score (nSPS) is 18.2. The second-order valence-corrected chi connectivity index (χ2v) is 8.30. The molecule has 0 saturated heterocycles. The van der Waals surface area contributed by atoms with Crippen LogP contribution < -0.4 is 10.6 Å². The molecule has 11 heteroatoms. The van der Waals surface area contributed by atoms with E-state index in [4.69, 9.17) is 11.6 Å². The number of halogens is 4. The van der Waals surface area contributed by atoms with Gasteiger partial charge in [-0.05, 0) is 19.4 Å². The summed E-state index contributed by atoms with van der Waals surface area (Å²) in [6.45, 7) is 3.90. The molecule has 170 valence electrons. The van der Waals surface area contributed by atoms with Crippen LogP contribution in [0.1, 0.15) is 51.4 Å². The fourth-order valence-electron chi connectivity index (χ4n) is 3.73. The van der Waals surface area contributed by atoms with Crippen LogP contribution >= 0.6 is 11.6 Å². The first kappa shape index (κ1) is 22.2. The minimum absolute atomic E-state index is 0.0199. The van der Waals surface area contributed by atoms with E-state index in [-0.39, 0.29) is 29.5 Å². The summed E-state index contributed by atoms with van der Waals surface area (Å²) in [5.41, 5.74) is 3.09. The molecule has 0 aliphatic carbocycles. The van der Waals surface area contributed by atoms with Crippen molar-refractivity contribution < 1.29 is 18.0 Å². The van der Waals surface area contributed by atoms with Gasteiger partial charge in [0.1, 0.15) is 10.8 Å². The Morgan fingerprint density at radius 2 is 1.97 bits per heavy atom. The van der Waals surface area contributed by atoms with Gasteiger partial charge in [-0.2, -0.15) is 23.4 Å². The Morgan fingerprint density at radius 1 is 1.28 bits per heavy atom. The highest BCUT2D eigenvalue weighted by Crippen LogP contribution is 2.46. The fraction of sp³-hybridized carbons (Fsp3) is 0.381. The molecule has 3 heterocycles. The number of hydrogen-bond donors (Lipinski definition) is 2. The molecule has 2 atom stereocenters. The van der Waals surface area contributed by atoms with Crippen molar-refractivity contribution in [3.8, 4) is 0 Å². The van der Waals surface area contributed by atoms with E-state index >= 15 is 0 Å². The fourth-order valence-corrected chi connectivity index (χ4v) is 3.99. The number of hydrogen-bond acceptors (Lipinski definition) is 4. The van der Waals surface area contributed by atoms with Gasteiger partial charge in [-0.1, -0.05) is 41.4 Å². The predicted octanol–water partition coefficient (Wildman–Crippen LogP) is 4.48. The smallest absolute Gasteiger partial charge is 0.362 e. The third-order valence-corrected chi connectivity index (χ3v) is 6.12. The van der Waals surface area contributed by atoms with Gasteiger partial charge in [0.25, 0.3) is 5.91 Å². The standard InChI is InChI=1S/C21H22ClF3N6O/c1-11-4-6-13(7-5-11)15-8-16(21(23,24)25)31-19(28-15)17(22)18(29-31)20(32)26-9-14-10-27-30(3)12(14)2/h4-7,10,15-16,28H,8-9H2,1-3H3,(H,26,32)/t15-,16+/m0/s1. The Kier molecular flexibility index (Phi) is 5.66. The summed E-state index contributed by atoms with van der Waals surface area (Å²) in [6, 6.07) is 4.70. The van der Waals surface area contributed by atoms with Crippen LogP contribution in [0.2, 0.25) is 5.02 Å². The highest BCUT2D eigenvalue weighted by Gasteiger charge is 2.47. The van der Waals surface area contributed by atoms with Gasteiger partial charge < -0.3 is 10.6 Å². The molecule has 2 N–H and O–H groups in total. The molecular formula is C21H22ClF3N6O. The van der Waals surface area contributed by atoms with Crippen molar-refractivity contribution in [2.24, 2.45) is 7.05 Å². The first-order valence-corrected chi connectivity index (χ1v) is 10.4. The molecule has 1 aromatic carbocycles. The largest absolute Gasteiger partial charge is 0.410 e.